The molecule has 1 aromatic heterocycles. The molecule has 0 unspecified atom stereocenters. The normalized spacial score (nSPS) is 24.7. The molecule has 0 N–H and O–H groups in total. The lowest BCUT2D eigenvalue weighted by Crippen LogP contribution is -2.21. The number of allylic oxidation sites excluding steroid dienone is 2. The molecular weight excluding hydrogens is 445 g/mol. The van der Waals surface area contributed by atoms with Gasteiger partial charge in [0.05, 0.1) is 12.7 Å². The molecule has 2 saturated carbocycles. The highest BCUT2D eigenvalue weighted by Gasteiger charge is 2.23. The second kappa shape index (κ2) is 13.9. The van der Waals surface area contributed by atoms with Gasteiger partial charge in [-0.2, -0.15) is 0 Å². The fourth-order valence-corrected chi connectivity index (χ4v) is 5.92. The Bertz CT molecular complexity index is 966. The fraction of sp³-hybridized carbons (Fsp3) is 0.545. The van der Waals surface area contributed by atoms with Crippen LogP contribution in [0.5, 0.6) is 0 Å². The number of hydrogen-bond acceptors (Lipinski definition) is 2. The van der Waals surface area contributed by atoms with E-state index in [-0.39, 0.29) is 5.82 Å². The number of nitrogens with zero attached hydrogens (tertiary/aromatic N) is 1. The summed E-state index contributed by atoms with van der Waals surface area (Å²) in [6, 6.07) is 9.94. The lowest BCUT2D eigenvalue weighted by atomic mass is 9.77. The Morgan fingerprint density at radius 1 is 0.944 bits per heavy atom. The van der Waals surface area contributed by atoms with Crippen molar-refractivity contribution in [1.29, 1.82) is 0 Å². The highest BCUT2D eigenvalue weighted by Crippen LogP contribution is 2.38. The van der Waals surface area contributed by atoms with Crippen molar-refractivity contribution in [1.82, 2.24) is 4.98 Å². The summed E-state index contributed by atoms with van der Waals surface area (Å²) in [5.41, 5.74) is 3.78. The predicted molar refractivity (Wildman–Crippen MR) is 149 cm³/mol. The van der Waals surface area contributed by atoms with Crippen LogP contribution in [0.25, 0.3) is 11.1 Å². The number of unbranched alkanes of at least 4 members (excludes halogenated alkanes) is 2. The number of ether oxygens (including phenoxy) is 1. The summed E-state index contributed by atoms with van der Waals surface area (Å²) in [5, 5.41) is 0. The zero-order valence-electron chi connectivity index (χ0n) is 22.1. The molecule has 2 nitrogen and oxygen atoms in total. The standard InChI is InChI=1S/C33H44FNO/c1-3-5-6-7-30-18-16-29(24-35-30)32-21-17-28(23-33(32)34)27-14-10-25(11-15-27)8-9-26-12-19-31(20-13-26)36-22-4-2/h4,8-9,16-18,21,23-27,31H,2-3,5-7,10-15,19-20,22H2,1H3/b9-8+. The molecule has 0 radical (unpaired) electrons. The third-order valence-electron chi connectivity index (χ3n) is 8.23. The third-order valence-corrected chi connectivity index (χ3v) is 8.23. The van der Waals surface area contributed by atoms with Crippen LogP contribution in [0.2, 0.25) is 0 Å². The maximum absolute atomic E-state index is 15.1. The van der Waals surface area contributed by atoms with E-state index in [9.17, 15) is 0 Å². The van der Waals surface area contributed by atoms with Crippen LogP contribution >= 0.6 is 0 Å². The van der Waals surface area contributed by atoms with Crippen molar-refractivity contribution in [2.24, 2.45) is 11.8 Å². The molecule has 3 heteroatoms. The Morgan fingerprint density at radius 3 is 2.28 bits per heavy atom. The first-order valence-corrected chi connectivity index (χ1v) is 14.3. The van der Waals surface area contributed by atoms with E-state index in [1.807, 2.05) is 24.4 Å². The summed E-state index contributed by atoms with van der Waals surface area (Å²) in [6.45, 7) is 6.62. The molecule has 0 bridgehead atoms. The van der Waals surface area contributed by atoms with Crippen molar-refractivity contribution in [2.75, 3.05) is 6.61 Å². The SMILES string of the molecule is C=CCOC1CCC(/C=C/C2CCC(c3ccc(-c4ccc(CCCCC)nc4)c(F)c3)CC2)CC1. The summed E-state index contributed by atoms with van der Waals surface area (Å²) in [7, 11) is 0. The molecule has 1 heterocycles. The number of rotatable bonds is 11. The average Bonchev–Trinajstić information content (AvgIpc) is 2.92. The van der Waals surface area contributed by atoms with Crippen molar-refractivity contribution >= 4 is 0 Å². The van der Waals surface area contributed by atoms with E-state index in [0.29, 0.717) is 36.0 Å². The molecule has 36 heavy (non-hydrogen) atoms. The van der Waals surface area contributed by atoms with Crippen LogP contribution in [0.3, 0.4) is 0 Å². The van der Waals surface area contributed by atoms with E-state index < -0.39 is 0 Å². The summed E-state index contributed by atoms with van der Waals surface area (Å²) in [6.07, 6.45) is 23.1. The van der Waals surface area contributed by atoms with Gasteiger partial charge in [-0.15, -0.1) is 6.58 Å². The van der Waals surface area contributed by atoms with Gasteiger partial charge < -0.3 is 4.74 Å². The number of pyridine rings is 1. The minimum Gasteiger partial charge on any atom is -0.374 e. The predicted octanol–water partition coefficient (Wildman–Crippen LogP) is 9.21. The number of aromatic nitrogens is 1. The van der Waals surface area contributed by atoms with Gasteiger partial charge in [0.2, 0.25) is 0 Å². The van der Waals surface area contributed by atoms with Gasteiger partial charge in [-0.05, 0) is 99.7 Å². The lowest BCUT2D eigenvalue weighted by molar-refractivity contribution is 0.0396. The van der Waals surface area contributed by atoms with Crippen LogP contribution in [0.1, 0.15) is 94.7 Å². The Labute approximate surface area is 218 Å². The van der Waals surface area contributed by atoms with E-state index in [1.165, 1.54) is 38.5 Å². The van der Waals surface area contributed by atoms with Crippen LogP contribution in [0.15, 0.2) is 61.3 Å². The number of halogens is 1. The van der Waals surface area contributed by atoms with Crippen molar-refractivity contribution in [3.8, 4) is 11.1 Å². The van der Waals surface area contributed by atoms with Crippen LogP contribution in [0, 0.1) is 17.7 Å². The van der Waals surface area contributed by atoms with E-state index >= 15 is 4.39 Å². The fourth-order valence-electron chi connectivity index (χ4n) is 5.92. The molecule has 0 atom stereocenters. The molecule has 2 fully saturated rings. The van der Waals surface area contributed by atoms with Crippen LogP contribution < -0.4 is 0 Å². The summed E-state index contributed by atoms with van der Waals surface area (Å²) >= 11 is 0. The van der Waals surface area contributed by atoms with Crippen molar-refractivity contribution < 1.29 is 9.13 Å². The second-order valence-corrected chi connectivity index (χ2v) is 10.9. The first-order chi connectivity index (χ1) is 17.7. The molecule has 194 valence electrons. The molecule has 1 aromatic carbocycles. The molecule has 2 aliphatic rings. The summed E-state index contributed by atoms with van der Waals surface area (Å²) in [4.78, 5) is 4.57. The van der Waals surface area contributed by atoms with Crippen molar-refractivity contribution in [3.05, 3.63) is 78.4 Å². The van der Waals surface area contributed by atoms with E-state index in [0.717, 1.165) is 55.3 Å². The van der Waals surface area contributed by atoms with E-state index in [2.05, 4.69) is 42.8 Å². The van der Waals surface area contributed by atoms with Crippen molar-refractivity contribution in [2.45, 2.75) is 96.0 Å². The summed E-state index contributed by atoms with van der Waals surface area (Å²) in [5.74, 6) is 1.72. The largest absolute Gasteiger partial charge is 0.374 e. The maximum atomic E-state index is 15.1. The van der Waals surface area contributed by atoms with E-state index in [4.69, 9.17) is 4.74 Å². The average molecular weight is 490 g/mol. The van der Waals surface area contributed by atoms with Gasteiger partial charge >= 0.3 is 0 Å². The molecule has 4 rings (SSSR count). The minimum atomic E-state index is -0.122. The number of hydrogen-bond donors (Lipinski definition) is 0. The number of aryl methyl sites for hydroxylation is 1. The van der Waals surface area contributed by atoms with Gasteiger partial charge in [0.15, 0.2) is 0 Å². The smallest absolute Gasteiger partial charge is 0.131 e. The van der Waals surface area contributed by atoms with Gasteiger partial charge in [0.25, 0.3) is 0 Å². The van der Waals surface area contributed by atoms with Gasteiger partial charge in [0, 0.05) is 23.0 Å². The zero-order valence-corrected chi connectivity index (χ0v) is 22.1. The van der Waals surface area contributed by atoms with Gasteiger partial charge in [-0.3, -0.25) is 4.98 Å². The Kier molecular flexibility index (Phi) is 10.3. The molecule has 0 amide bonds. The molecule has 2 aromatic rings. The molecule has 0 saturated heterocycles. The Hall–Kier alpha value is -2.26. The molecule has 0 aliphatic heterocycles. The zero-order chi connectivity index (χ0) is 25.2. The van der Waals surface area contributed by atoms with Crippen LogP contribution in [-0.4, -0.2) is 17.7 Å². The molecule has 2 aliphatic carbocycles. The first kappa shape index (κ1) is 26.8. The minimum absolute atomic E-state index is 0.122. The Balaban J connectivity index is 1.25. The maximum Gasteiger partial charge on any atom is 0.131 e. The van der Waals surface area contributed by atoms with Crippen LogP contribution in [-0.2, 0) is 11.2 Å². The van der Waals surface area contributed by atoms with Gasteiger partial charge in [0.1, 0.15) is 5.82 Å². The first-order valence-electron chi connectivity index (χ1n) is 14.3. The quantitative estimate of drug-likeness (QED) is 0.232. The van der Waals surface area contributed by atoms with Crippen LogP contribution in [0.4, 0.5) is 4.39 Å². The number of benzene rings is 1. The van der Waals surface area contributed by atoms with Gasteiger partial charge in [-0.1, -0.05) is 56.2 Å². The van der Waals surface area contributed by atoms with Gasteiger partial charge in [-0.25, -0.2) is 4.39 Å². The highest BCUT2D eigenvalue weighted by molar-refractivity contribution is 5.63. The lowest BCUT2D eigenvalue weighted by Gasteiger charge is -2.29. The summed E-state index contributed by atoms with van der Waals surface area (Å²) < 4.78 is 20.9. The Morgan fingerprint density at radius 2 is 1.67 bits per heavy atom. The monoisotopic (exact) mass is 489 g/mol. The van der Waals surface area contributed by atoms with Crippen molar-refractivity contribution in [3.63, 3.8) is 0 Å². The molecular formula is C33H44FNO. The topological polar surface area (TPSA) is 22.1 Å². The third kappa shape index (κ3) is 7.62. The molecule has 0 spiro atoms. The second-order valence-electron chi connectivity index (χ2n) is 10.9. The highest BCUT2D eigenvalue weighted by atomic mass is 19.1. The van der Waals surface area contributed by atoms with E-state index in [1.54, 1.807) is 6.07 Å².